The second kappa shape index (κ2) is 5.48. The Balaban J connectivity index is 2.03. The van der Waals surface area contributed by atoms with Crippen molar-refractivity contribution in [2.45, 2.75) is 18.9 Å². The fourth-order valence-electron chi connectivity index (χ4n) is 2.46. The van der Waals surface area contributed by atoms with Crippen LogP contribution in [0.5, 0.6) is 0 Å². The van der Waals surface area contributed by atoms with Gasteiger partial charge < -0.3 is 9.64 Å². The SMILES string of the molecule is COCCN(c1cc(C#N)c2ccccc2n1)C1CC1. The molecule has 1 heterocycles. The maximum atomic E-state index is 9.35. The Bertz CT molecular complexity index is 658. The summed E-state index contributed by atoms with van der Waals surface area (Å²) in [7, 11) is 1.71. The summed E-state index contributed by atoms with van der Waals surface area (Å²) in [6.07, 6.45) is 2.39. The van der Waals surface area contributed by atoms with Crippen LogP contribution in [0.1, 0.15) is 18.4 Å². The highest BCUT2D eigenvalue weighted by atomic mass is 16.5. The van der Waals surface area contributed by atoms with E-state index < -0.39 is 0 Å². The van der Waals surface area contributed by atoms with E-state index in [1.54, 1.807) is 7.11 Å². The Kier molecular flexibility index (Phi) is 3.53. The highest BCUT2D eigenvalue weighted by Crippen LogP contribution is 2.32. The van der Waals surface area contributed by atoms with Crippen LogP contribution >= 0.6 is 0 Å². The number of benzene rings is 1. The van der Waals surface area contributed by atoms with E-state index in [1.807, 2.05) is 30.3 Å². The fourth-order valence-corrected chi connectivity index (χ4v) is 2.46. The van der Waals surface area contributed by atoms with E-state index in [-0.39, 0.29) is 0 Å². The molecule has 1 aliphatic carbocycles. The fraction of sp³-hybridized carbons (Fsp3) is 0.375. The highest BCUT2D eigenvalue weighted by Gasteiger charge is 2.30. The number of hydrogen-bond acceptors (Lipinski definition) is 4. The Hall–Kier alpha value is -2.12. The summed E-state index contributed by atoms with van der Waals surface area (Å²) in [5.41, 5.74) is 1.57. The lowest BCUT2D eigenvalue weighted by Crippen LogP contribution is -2.30. The number of anilines is 1. The van der Waals surface area contributed by atoms with Gasteiger partial charge in [-0.25, -0.2) is 4.98 Å². The molecule has 0 radical (unpaired) electrons. The van der Waals surface area contributed by atoms with Crippen molar-refractivity contribution in [1.29, 1.82) is 5.26 Å². The molecule has 0 saturated heterocycles. The molecule has 20 heavy (non-hydrogen) atoms. The number of ether oxygens (including phenoxy) is 1. The predicted octanol–water partition coefficient (Wildman–Crippen LogP) is 2.72. The summed E-state index contributed by atoms with van der Waals surface area (Å²) in [6, 6.07) is 12.5. The minimum absolute atomic E-state index is 0.547. The number of aromatic nitrogens is 1. The third kappa shape index (κ3) is 2.45. The molecule has 0 spiro atoms. The number of rotatable bonds is 5. The highest BCUT2D eigenvalue weighted by molar-refractivity contribution is 5.86. The van der Waals surface area contributed by atoms with Gasteiger partial charge in [-0.1, -0.05) is 18.2 Å². The molecule has 0 N–H and O–H groups in total. The Morgan fingerprint density at radius 3 is 2.90 bits per heavy atom. The maximum absolute atomic E-state index is 9.35. The third-order valence-corrected chi connectivity index (χ3v) is 3.64. The normalized spacial score (nSPS) is 14.2. The second-order valence-corrected chi connectivity index (χ2v) is 5.07. The zero-order valence-electron chi connectivity index (χ0n) is 11.5. The quantitative estimate of drug-likeness (QED) is 0.835. The summed E-state index contributed by atoms with van der Waals surface area (Å²) in [5, 5.41) is 10.3. The Morgan fingerprint density at radius 2 is 2.20 bits per heavy atom. The lowest BCUT2D eigenvalue weighted by molar-refractivity contribution is 0.204. The molecule has 1 fully saturated rings. The van der Waals surface area contributed by atoms with E-state index in [4.69, 9.17) is 9.72 Å². The predicted molar refractivity (Wildman–Crippen MR) is 78.7 cm³/mol. The molecule has 4 nitrogen and oxygen atoms in total. The van der Waals surface area contributed by atoms with Crippen molar-refractivity contribution in [3.63, 3.8) is 0 Å². The van der Waals surface area contributed by atoms with Crippen molar-refractivity contribution in [2.24, 2.45) is 0 Å². The van der Waals surface area contributed by atoms with Gasteiger partial charge in [-0.05, 0) is 25.0 Å². The van der Waals surface area contributed by atoms with Crippen molar-refractivity contribution in [3.05, 3.63) is 35.9 Å². The zero-order valence-corrected chi connectivity index (χ0v) is 11.5. The van der Waals surface area contributed by atoms with Crippen LogP contribution in [0.4, 0.5) is 5.82 Å². The molecule has 3 rings (SSSR count). The van der Waals surface area contributed by atoms with E-state index in [0.29, 0.717) is 18.2 Å². The van der Waals surface area contributed by atoms with Crippen LogP contribution in [0, 0.1) is 11.3 Å². The second-order valence-electron chi connectivity index (χ2n) is 5.07. The van der Waals surface area contributed by atoms with Gasteiger partial charge in [0.05, 0.1) is 23.8 Å². The monoisotopic (exact) mass is 267 g/mol. The van der Waals surface area contributed by atoms with Gasteiger partial charge in [0.1, 0.15) is 5.82 Å². The minimum atomic E-state index is 0.547. The van der Waals surface area contributed by atoms with Gasteiger partial charge in [-0.15, -0.1) is 0 Å². The molecule has 1 aliphatic rings. The van der Waals surface area contributed by atoms with Gasteiger partial charge in [0.25, 0.3) is 0 Å². The lowest BCUT2D eigenvalue weighted by atomic mass is 10.1. The van der Waals surface area contributed by atoms with E-state index in [2.05, 4.69) is 11.0 Å². The smallest absolute Gasteiger partial charge is 0.130 e. The van der Waals surface area contributed by atoms with Gasteiger partial charge in [0, 0.05) is 25.1 Å². The molecule has 102 valence electrons. The number of nitriles is 1. The Labute approximate surface area is 118 Å². The topological polar surface area (TPSA) is 49.1 Å². The molecule has 1 saturated carbocycles. The third-order valence-electron chi connectivity index (χ3n) is 3.64. The lowest BCUT2D eigenvalue weighted by Gasteiger charge is -2.23. The average molecular weight is 267 g/mol. The number of pyridine rings is 1. The van der Waals surface area contributed by atoms with Crippen LogP contribution in [-0.4, -0.2) is 31.3 Å². The molecule has 0 aliphatic heterocycles. The molecular weight excluding hydrogens is 250 g/mol. The van der Waals surface area contributed by atoms with Crippen molar-refractivity contribution in [2.75, 3.05) is 25.2 Å². The molecule has 4 heteroatoms. The first kappa shape index (κ1) is 12.9. The zero-order chi connectivity index (χ0) is 13.9. The van der Waals surface area contributed by atoms with Crippen LogP contribution < -0.4 is 4.90 Å². The molecule has 0 amide bonds. The summed E-state index contributed by atoms with van der Waals surface area (Å²) in [4.78, 5) is 6.98. The van der Waals surface area contributed by atoms with E-state index in [0.717, 1.165) is 23.3 Å². The maximum Gasteiger partial charge on any atom is 0.130 e. The van der Waals surface area contributed by atoms with Crippen molar-refractivity contribution in [3.8, 4) is 6.07 Å². The standard InChI is InChI=1S/C16H17N3O/c1-20-9-8-19(13-6-7-13)16-10-12(11-17)14-4-2-3-5-15(14)18-16/h2-5,10,13H,6-9H2,1H3. The molecule has 0 unspecified atom stereocenters. The van der Waals surface area contributed by atoms with Crippen molar-refractivity contribution >= 4 is 16.7 Å². The Morgan fingerprint density at radius 1 is 1.40 bits per heavy atom. The number of nitrogens with zero attached hydrogens (tertiary/aromatic N) is 3. The van der Waals surface area contributed by atoms with E-state index in [9.17, 15) is 5.26 Å². The largest absolute Gasteiger partial charge is 0.383 e. The van der Waals surface area contributed by atoms with E-state index in [1.165, 1.54) is 12.8 Å². The number of hydrogen-bond donors (Lipinski definition) is 0. The first-order valence-corrected chi connectivity index (χ1v) is 6.89. The van der Waals surface area contributed by atoms with E-state index >= 15 is 0 Å². The molecule has 0 atom stereocenters. The van der Waals surface area contributed by atoms with Crippen LogP contribution in [0.2, 0.25) is 0 Å². The first-order chi connectivity index (χ1) is 9.83. The van der Waals surface area contributed by atoms with Crippen LogP contribution in [0.3, 0.4) is 0 Å². The molecule has 1 aromatic heterocycles. The summed E-state index contributed by atoms with van der Waals surface area (Å²) in [6.45, 7) is 1.49. The van der Waals surface area contributed by atoms with Crippen LogP contribution in [-0.2, 0) is 4.74 Å². The van der Waals surface area contributed by atoms with Crippen LogP contribution in [0.15, 0.2) is 30.3 Å². The number of para-hydroxylation sites is 1. The van der Waals surface area contributed by atoms with Gasteiger partial charge in [0.2, 0.25) is 0 Å². The summed E-state index contributed by atoms with van der Waals surface area (Å²) < 4.78 is 5.18. The van der Waals surface area contributed by atoms with Gasteiger partial charge in [0.15, 0.2) is 0 Å². The number of methoxy groups -OCH3 is 1. The number of fused-ring (bicyclic) bond motifs is 1. The van der Waals surface area contributed by atoms with Gasteiger partial charge in [-0.2, -0.15) is 5.26 Å². The minimum Gasteiger partial charge on any atom is -0.383 e. The van der Waals surface area contributed by atoms with Gasteiger partial charge in [-0.3, -0.25) is 0 Å². The molecule has 2 aromatic rings. The average Bonchev–Trinajstić information content (AvgIpc) is 3.31. The van der Waals surface area contributed by atoms with Gasteiger partial charge >= 0.3 is 0 Å². The molecule has 0 bridgehead atoms. The molecular formula is C16H17N3O. The van der Waals surface area contributed by atoms with Crippen molar-refractivity contribution < 1.29 is 4.74 Å². The summed E-state index contributed by atoms with van der Waals surface area (Å²) >= 11 is 0. The molecule has 1 aromatic carbocycles. The first-order valence-electron chi connectivity index (χ1n) is 6.89. The van der Waals surface area contributed by atoms with Crippen LogP contribution in [0.25, 0.3) is 10.9 Å². The van der Waals surface area contributed by atoms with Crippen molar-refractivity contribution in [1.82, 2.24) is 4.98 Å². The summed E-state index contributed by atoms with van der Waals surface area (Å²) in [5.74, 6) is 0.889.